The van der Waals surface area contributed by atoms with E-state index in [1.54, 1.807) is 0 Å². The molecule has 1 aromatic rings. The van der Waals surface area contributed by atoms with E-state index in [0.717, 1.165) is 31.5 Å². The third-order valence-electron chi connectivity index (χ3n) is 4.04. The van der Waals surface area contributed by atoms with Gasteiger partial charge >= 0.3 is 6.09 Å². The minimum atomic E-state index is -0.720. The molecule has 21 heavy (non-hydrogen) atoms. The second kappa shape index (κ2) is 6.48. The van der Waals surface area contributed by atoms with Gasteiger partial charge in [-0.05, 0) is 43.0 Å². The third-order valence-corrected chi connectivity index (χ3v) is 4.04. The van der Waals surface area contributed by atoms with Crippen molar-refractivity contribution in [2.45, 2.75) is 45.6 Å². The molecule has 0 spiro atoms. The number of nitrogens with one attached hydrogen (secondary N) is 1. The molecule has 3 N–H and O–H groups in total. The Kier molecular flexibility index (Phi) is 4.88. The quantitative estimate of drug-likeness (QED) is 0.897. The highest BCUT2D eigenvalue weighted by molar-refractivity contribution is 5.65. The minimum absolute atomic E-state index is 0.193. The summed E-state index contributed by atoms with van der Waals surface area (Å²) >= 11 is 0. The average Bonchev–Trinajstić information content (AvgIpc) is 2.44. The number of benzene rings is 1. The standard InChI is InChI=1S/C17H26N2O2/c1-17(2,3)15(21-16(18)20)14-6-4-5-13(11-14)12-7-9-19-10-8-12/h4-6,11-12,15,19H,7-10H2,1-3H3,(H2,18,20). The van der Waals surface area contributed by atoms with Gasteiger partial charge in [0.2, 0.25) is 0 Å². The van der Waals surface area contributed by atoms with Crippen molar-refractivity contribution < 1.29 is 9.53 Å². The van der Waals surface area contributed by atoms with Crippen LogP contribution < -0.4 is 11.1 Å². The van der Waals surface area contributed by atoms with Crippen LogP contribution in [0.5, 0.6) is 0 Å². The van der Waals surface area contributed by atoms with Crippen molar-refractivity contribution in [1.82, 2.24) is 5.32 Å². The Bertz CT molecular complexity index is 488. The zero-order valence-corrected chi connectivity index (χ0v) is 13.2. The predicted octanol–water partition coefficient (Wildman–Crippen LogP) is 3.34. The number of ether oxygens (including phenoxy) is 1. The van der Waals surface area contributed by atoms with Crippen molar-refractivity contribution in [3.05, 3.63) is 35.4 Å². The molecule has 1 unspecified atom stereocenters. The molecule has 4 heteroatoms. The molecular formula is C17H26N2O2. The molecule has 1 aliphatic rings. The Morgan fingerprint density at radius 2 is 2.00 bits per heavy atom. The molecule has 1 aromatic carbocycles. The monoisotopic (exact) mass is 290 g/mol. The molecule has 0 aliphatic carbocycles. The first-order valence-electron chi connectivity index (χ1n) is 7.64. The van der Waals surface area contributed by atoms with E-state index in [1.165, 1.54) is 5.56 Å². The summed E-state index contributed by atoms with van der Waals surface area (Å²) in [5.74, 6) is 0.584. The number of hydrogen-bond acceptors (Lipinski definition) is 3. The van der Waals surface area contributed by atoms with Crippen LogP contribution in [0.2, 0.25) is 0 Å². The number of rotatable bonds is 3. The fraction of sp³-hybridized carbons (Fsp3) is 0.588. The summed E-state index contributed by atoms with van der Waals surface area (Å²) in [6.45, 7) is 8.29. The van der Waals surface area contributed by atoms with Gasteiger partial charge in [-0.15, -0.1) is 0 Å². The van der Waals surface area contributed by atoms with Crippen molar-refractivity contribution in [1.29, 1.82) is 0 Å². The number of primary amides is 1. The first-order valence-corrected chi connectivity index (χ1v) is 7.64. The zero-order chi connectivity index (χ0) is 15.5. The van der Waals surface area contributed by atoms with Crippen molar-refractivity contribution in [2.24, 2.45) is 11.1 Å². The lowest BCUT2D eigenvalue weighted by atomic mass is 9.82. The molecule has 1 amide bonds. The summed E-state index contributed by atoms with van der Waals surface area (Å²) in [5, 5.41) is 3.39. The van der Waals surface area contributed by atoms with Gasteiger partial charge in [-0.25, -0.2) is 4.79 Å². The SMILES string of the molecule is CC(C)(C)C(OC(N)=O)c1cccc(C2CCNCC2)c1. The Balaban J connectivity index is 2.26. The zero-order valence-electron chi connectivity index (χ0n) is 13.2. The summed E-state index contributed by atoms with van der Waals surface area (Å²) in [6, 6.07) is 8.41. The normalized spacial score (nSPS) is 18.2. The highest BCUT2D eigenvalue weighted by Crippen LogP contribution is 2.37. The van der Waals surface area contributed by atoms with Crippen molar-refractivity contribution in [3.63, 3.8) is 0 Å². The molecule has 0 bridgehead atoms. The molecule has 2 rings (SSSR count). The minimum Gasteiger partial charge on any atom is -0.441 e. The lowest BCUT2D eigenvalue weighted by molar-refractivity contribution is 0.0359. The summed E-state index contributed by atoms with van der Waals surface area (Å²) < 4.78 is 5.37. The second-order valence-corrected chi connectivity index (χ2v) is 6.88. The van der Waals surface area contributed by atoms with Crippen LogP contribution in [-0.4, -0.2) is 19.2 Å². The fourth-order valence-corrected chi connectivity index (χ4v) is 2.99. The van der Waals surface area contributed by atoms with Gasteiger partial charge < -0.3 is 15.8 Å². The maximum atomic E-state index is 11.2. The molecule has 1 aliphatic heterocycles. The largest absolute Gasteiger partial charge is 0.441 e. The van der Waals surface area contributed by atoms with Crippen molar-refractivity contribution in [3.8, 4) is 0 Å². The molecule has 1 fully saturated rings. The number of carbonyl (C=O) groups excluding carboxylic acids is 1. The molecule has 0 radical (unpaired) electrons. The van der Waals surface area contributed by atoms with E-state index in [-0.39, 0.29) is 11.5 Å². The van der Waals surface area contributed by atoms with E-state index in [2.05, 4.69) is 44.3 Å². The average molecular weight is 290 g/mol. The van der Waals surface area contributed by atoms with Gasteiger partial charge in [-0.1, -0.05) is 45.0 Å². The van der Waals surface area contributed by atoms with Gasteiger partial charge in [0.25, 0.3) is 0 Å². The van der Waals surface area contributed by atoms with E-state index < -0.39 is 6.09 Å². The maximum Gasteiger partial charge on any atom is 0.405 e. The second-order valence-electron chi connectivity index (χ2n) is 6.88. The van der Waals surface area contributed by atoms with Gasteiger partial charge in [-0.3, -0.25) is 0 Å². The lowest BCUT2D eigenvalue weighted by Gasteiger charge is -2.31. The highest BCUT2D eigenvalue weighted by Gasteiger charge is 2.30. The van der Waals surface area contributed by atoms with Crippen LogP contribution >= 0.6 is 0 Å². The Hall–Kier alpha value is -1.55. The fourth-order valence-electron chi connectivity index (χ4n) is 2.99. The van der Waals surface area contributed by atoms with Gasteiger partial charge in [0, 0.05) is 5.41 Å². The van der Waals surface area contributed by atoms with Crippen molar-refractivity contribution in [2.75, 3.05) is 13.1 Å². The summed E-state index contributed by atoms with van der Waals surface area (Å²) in [7, 11) is 0. The first-order chi connectivity index (χ1) is 9.88. The van der Waals surface area contributed by atoms with Crippen LogP contribution in [0.4, 0.5) is 4.79 Å². The number of amides is 1. The number of piperidine rings is 1. The molecule has 1 saturated heterocycles. The van der Waals surface area contributed by atoms with E-state index in [0.29, 0.717) is 5.92 Å². The lowest BCUT2D eigenvalue weighted by Crippen LogP contribution is -2.28. The molecule has 0 aromatic heterocycles. The van der Waals surface area contributed by atoms with Crippen LogP contribution in [0, 0.1) is 5.41 Å². The first kappa shape index (κ1) is 15.8. The van der Waals surface area contributed by atoms with Crippen LogP contribution in [0.15, 0.2) is 24.3 Å². The Morgan fingerprint density at radius 3 is 2.57 bits per heavy atom. The van der Waals surface area contributed by atoms with E-state index in [1.807, 2.05) is 6.07 Å². The van der Waals surface area contributed by atoms with Crippen molar-refractivity contribution >= 4 is 6.09 Å². The Morgan fingerprint density at radius 1 is 1.33 bits per heavy atom. The van der Waals surface area contributed by atoms with E-state index in [9.17, 15) is 4.79 Å². The van der Waals surface area contributed by atoms with Gasteiger partial charge in [0.15, 0.2) is 0 Å². The van der Waals surface area contributed by atoms with Crippen LogP contribution in [-0.2, 0) is 4.74 Å². The predicted molar refractivity (Wildman–Crippen MR) is 84.2 cm³/mol. The van der Waals surface area contributed by atoms with Gasteiger partial charge in [0.05, 0.1) is 0 Å². The smallest absolute Gasteiger partial charge is 0.405 e. The highest BCUT2D eigenvalue weighted by atomic mass is 16.6. The number of carbonyl (C=O) groups is 1. The number of nitrogens with two attached hydrogens (primary N) is 1. The summed E-state index contributed by atoms with van der Waals surface area (Å²) in [4.78, 5) is 11.2. The molecule has 1 atom stereocenters. The molecule has 0 saturated carbocycles. The molecule has 116 valence electrons. The summed E-state index contributed by atoms with van der Waals surface area (Å²) in [5.41, 5.74) is 7.40. The van der Waals surface area contributed by atoms with Gasteiger partial charge in [0.1, 0.15) is 6.10 Å². The third kappa shape index (κ3) is 4.21. The van der Waals surface area contributed by atoms with Gasteiger partial charge in [-0.2, -0.15) is 0 Å². The Labute approximate surface area is 127 Å². The molecular weight excluding hydrogens is 264 g/mol. The molecule has 4 nitrogen and oxygen atoms in total. The van der Waals surface area contributed by atoms with Crippen LogP contribution in [0.25, 0.3) is 0 Å². The van der Waals surface area contributed by atoms with Crippen LogP contribution in [0.1, 0.15) is 56.8 Å². The topological polar surface area (TPSA) is 64.3 Å². The maximum absolute atomic E-state index is 11.2. The van der Waals surface area contributed by atoms with E-state index >= 15 is 0 Å². The summed E-state index contributed by atoms with van der Waals surface area (Å²) in [6.07, 6.45) is 1.26. The molecule has 1 heterocycles. The number of hydrogen-bond donors (Lipinski definition) is 2. The van der Waals surface area contributed by atoms with Crippen LogP contribution in [0.3, 0.4) is 0 Å². The van der Waals surface area contributed by atoms with E-state index in [4.69, 9.17) is 10.5 Å².